The number of anilines is 1. The maximum Gasteiger partial charge on any atom is 0.312 e. The van der Waals surface area contributed by atoms with Gasteiger partial charge in [-0.3, -0.25) is 19.2 Å². The van der Waals surface area contributed by atoms with Crippen molar-refractivity contribution in [3.63, 3.8) is 0 Å². The number of nitrogens with one attached hydrogen (secondary N) is 2. The molecule has 0 saturated heterocycles. The molecule has 6 N–H and O–H groups in total. The Balaban J connectivity index is 1.93. The van der Waals surface area contributed by atoms with Crippen molar-refractivity contribution in [2.45, 2.75) is 85.6 Å². The number of aromatic hydroxyl groups is 2. The van der Waals surface area contributed by atoms with Crippen LogP contribution in [0.1, 0.15) is 64.4 Å². The number of hydrogen-bond donors (Lipinski definition) is 6. The first-order chi connectivity index (χ1) is 25.8. The van der Waals surface area contributed by atoms with Crippen molar-refractivity contribution in [2.75, 3.05) is 26.1 Å². The molecule has 2 aromatic rings. The highest BCUT2D eigenvalue weighted by atomic mass is 16.7. The topological polar surface area (TPSA) is 219 Å². The number of amides is 2. The molecule has 2 aromatic carbocycles. The fourth-order valence-corrected chi connectivity index (χ4v) is 6.96. The van der Waals surface area contributed by atoms with Gasteiger partial charge in [-0.25, -0.2) is 0 Å². The molecule has 3 heterocycles. The van der Waals surface area contributed by atoms with Crippen LogP contribution in [0.5, 0.6) is 23.0 Å². The molecule has 0 aliphatic carbocycles. The molecule has 2 amide bonds. The Labute approximate surface area is 319 Å². The van der Waals surface area contributed by atoms with Gasteiger partial charge < -0.3 is 54.7 Å². The van der Waals surface area contributed by atoms with Gasteiger partial charge in [0, 0.05) is 74.3 Å². The summed E-state index contributed by atoms with van der Waals surface area (Å²) in [4.78, 5) is 52.2. The summed E-state index contributed by atoms with van der Waals surface area (Å²) in [6.07, 6.45) is 3.55. The number of rotatable bonds is 5. The molecular weight excluding hydrogens is 716 g/mol. The summed E-state index contributed by atoms with van der Waals surface area (Å²) < 4.78 is 29.3. The number of esters is 1. The first-order valence-corrected chi connectivity index (χ1v) is 18.0. The molecule has 0 fully saturated rings. The van der Waals surface area contributed by atoms with Crippen LogP contribution in [0, 0.1) is 30.6 Å². The number of fused-ring (bicyclic) bond motifs is 14. The number of ketones is 1. The summed E-state index contributed by atoms with van der Waals surface area (Å²) >= 11 is 0. The van der Waals surface area contributed by atoms with Gasteiger partial charge in [0.05, 0.1) is 41.2 Å². The van der Waals surface area contributed by atoms with Crippen LogP contribution < -0.4 is 20.1 Å². The summed E-state index contributed by atoms with van der Waals surface area (Å²) in [5.41, 5.74) is -0.0466. The molecule has 0 spiro atoms. The molecular formula is C40H52N2O13. The molecule has 15 heteroatoms. The van der Waals surface area contributed by atoms with Crippen molar-refractivity contribution in [1.82, 2.24) is 5.32 Å². The number of aliphatic hydroxyl groups excluding tert-OH is 2. The number of carbonyl (C=O) groups excluding carboxylic acids is 4. The zero-order valence-corrected chi connectivity index (χ0v) is 32.8. The molecule has 5 bridgehead atoms. The van der Waals surface area contributed by atoms with Crippen LogP contribution in [-0.2, 0) is 28.6 Å². The highest BCUT2D eigenvalue weighted by Gasteiger charge is 2.49. The van der Waals surface area contributed by atoms with E-state index in [0.717, 1.165) is 0 Å². The third-order valence-electron chi connectivity index (χ3n) is 10.5. The van der Waals surface area contributed by atoms with E-state index in [1.165, 1.54) is 66.3 Å². The second-order valence-electron chi connectivity index (χ2n) is 14.4. The molecule has 300 valence electrons. The van der Waals surface area contributed by atoms with Crippen molar-refractivity contribution in [3.05, 3.63) is 53.3 Å². The molecule has 3 aliphatic rings. The Morgan fingerprint density at radius 3 is 2.27 bits per heavy atom. The van der Waals surface area contributed by atoms with Crippen LogP contribution in [0.25, 0.3) is 10.8 Å². The van der Waals surface area contributed by atoms with Gasteiger partial charge in [0.25, 0.3) is 17.6 Å². The number of phenols is 2. The molecule has 0 unspecified atom stereocenters. The maximum atomic E-state index is 14.3. The van der Waals surface area contributed by atoms with Gasteiger partial charge in [-0.1, -0.05) is 45.9 Å². The fraction of sp³-hybridized carbons (Fsp3) is 0.500. The SMILES string of the molecule is CNC(=O)COc1cc2c(O)c3c(O)c(C)c4c(c13)C(=O)[C@@](C)(O/C=C/[C@H](OC)[C@@H](C)[C@@H](OC(C)=O)[C@H](C)[C@@H](O)[C@H](C)[C@H](O)[C@H](C)/C=C/C=C(/C)C(=O)N2)O4. The van der Waals surface area contributed by atoms with E-state index in [9.17, 15) is 39.6 Å². The van der Waals surface area contributed by atoms with E-state index >= 15 is 0 Å². The Kier molecular flexibility index (Phi) is 13.3. The van der Waals surface area contributed by atoms with E-state index in [1.807, 2.05) is 0 Å². The number of likely N-dealkylation sites (N-methyl/N-ethyl adjacent to an activating group) is 1. The predicted molar refractivity (Wildman–Crippen MR) is 202 cm³/mol. The fourth-order valence-electron chi connectivity index (χ4n) is 6.96. The van der Waals surface area contributed by atoms with Gasteiger partial charge >= 0.3 is 11.8 Å². The average Bonchev–Trinajstić information content (AvgIpc) is 3.41. The minimum Gasteiger partial charge on any atom is -0.507 e. The summed E-state index contributed by atoms with van der Waals surface area (Å²) in [5, 5.41) is 50.4. The number of allylic oxidation sites excluding steroid dienone is 2. The lowest BCUT2D eigenvalue weighted by molar-refractivity contribution is -0.160. The third kappa shape index (κ3) is 8.58. The first-order valence-electron chi connectivity index (χ1n) is 18.0. The predicted octanol–water partition coefficient (Wildman–Crippen LogP) is 4.17. The highest BCUT2D eigenvalue weighted by molar-refractivity contribution is 6.21. The zero-order chi connectivity index (χ0) is 41.1. The van der Waals surface area contributed by atoms with Crippen molar-refractivity contribution in [2.24, 2.45) is 23.7 Å². The van der Waals surface area contributed by atoms with E-state index in [1.54, 1.807) is 39.8 Å². The molecule has 5 rings (SSSR count). The van der Waals surface area contributed by atoms with Crippen LogP contribution in [0.2, 0.25) is 0 Å². The number of hydrogen-bond acceptors (Lipinski definition) is 13. The second-order valence-corrected chi connectivity index (χ2v) is 14.4. The summed E-state index contributed by atoms with van der Waals surface area (Å²) in [7, 11) is 2.83. The monoisotopic (exact) mass is 768 g/mol. The smallest absolute Gasteiger partial charge is 0.312 e. The number of benzene rings is 2. The standard InChI is InChI=1S/C40H52N2O13/c1-18-12-11-13-19(2)39(50)42-25-16-27(52-17-28(44)41-9)29-30(35(25)48)34(47)23(6)37-31(29)38(49)40(8,55-37)53-15-14-26(51-10)20(3)36(54-24(7)43)22(5)33(46)21(4)32(18)45/h11-16,18,20-22,26,32-33,36,45-48H,17H2,1-10H3,(H,41,44)(H,42,50)/b12-11+,15-14+,19-13-/t18-,20-,21-,22-,26+,32-,33+,36-,40+/m1/s1. The van der Waals surface area contributed by atoms with Crippen molar-refractivity contribution >= 4 is 40.0 Å². The molecule has 0 radical (unpaired) electrons. The lowest BCUT2D eigenvalue weighted by Crippen LogP contribution is -2.46. The van der Waals surface area contributed by atoms with E-state index in [2.05, 4.69) is 10.6 Å². The van der Waals surface area contributed by atoms with Crippen LogP contribution in [0.4, 0.5) is 5.69 Å². The molecule has 0 saturated carbocycles. The quantitative estimate of drug-likeness (QED) is 0.186. The summed E-state index contributed by atoms with van der Waals surface area (Å²) in [5.74, 6) is -8.23. The van der Waals surface area contributed by atoms with Gasteiger partial charge in [0.15, 0.2) is 12.4 Å². The van der Waals surface area contributed by atoms with Crippen molar-refractivity contribution in [3.8, 4) is 23.0 Å². The second kappa shape index (κ2) is 17.1. The highest BCUT2D eigenvalue weighted by Crippen LogP contribution is 2.54. The average molecular weight is 769 g/mol. The number of carbonyl (C=O) groups is 4. The Morgan fingerprint density at radius 1 is 0.982 bits per heavy atom. The number of ether oxygens (including phenoxy) is 5. The van der Waals surface area contributed by atoms with Crippen molar-refractivity contribution < 1.29 is 63.3 Å². The lowest BCUT2D eigenvalue weighted by atomic mass is 9.78. The zero-order valence-electron chi connectivity index (χ0n) is 32.8. The molecule has 55 heavy (non-hydrogen) atoms. The number of phenolic OH excluding ortho intramolecular Hbond substituents is 2. The van der Waals surface area contributed by atoms with Crippen LogP contribution >= 0.6 is 0 Å². The first kappa shape index (κ1) is 42.6. The summed E-state index contributed by atoms with van der Waals surface area (Å²) in [6, 6.07) is 1.23. The van der Waals surface area contributed by atoms with E-state index in [0.29, 0.717) is 0 Å². The molecule has 9 atom stereocenters. The third-order valence-corrected chi connectivity index (χ3v) is 10.5. The van der Waals surface area contributed by atoms with Crippen LogP contribution in [0.3, 0.4) is 0 Å². The Morgan fingerprint density at radius 2 is 1.65 bits per heavy atom. The molecule has 3 aliphatic heterocycles. The molecule has 15 nitrogen and oxygen atoms in total. The Bertz CT molecular complexity index is 1920. The maximum absolute atomic E-state index is 14.3. The van der Waals surface area contributed by atoms with Crippen LogP contribution in [-0.4, -0.2) is 95.0 Å². The largest absolute Gasteiger partial charge is 0.507 e. The lowest BCUT2D eigenvalue weighted by Gasteiger charge is -2.38. The summed E-state index contributed by atoms with van der Waals surface area (Å²) in [6.45, 7) is 12.0. The van der Waals surface area contributed by atoms with Crippen molar-refractivity contribution in [1.29, 1.82) is 0 Å². The number of Topliss-reactive ketones (excluding diaryl/α,β-unsaturated/α-hetero) is 1. The van der Waals surface area contributed by atoms with Gasteiger partial charge in [0.1, 0.15) is 23.4 Å². The normalized spacial score (nSPS) is 31.1. The van der Waals surface area contributed by atoms with Gasteiger partial charge in [-0.15, -0.1) is 0 Å². The van der Waals surface area contributed by atoms with E-state index < -0.39 is 95.5 Å². The van der Waals surface area contributed by atoms with E-state index in [4.69, 9.17) is 23.7 Å². The molecule has 0 aromatic heterocycles. The van der Waals surface area contributed by atoms with Gasteiger partial charge in [-0.2, -0.15) is 0 Å². The minimum atomic E-state index is -2.02. The van der Waals surface area contributed by atoms with Crippen LogP contribution in [0.15, 0.2) is 42.2 Å². The van der Waals surface area contributed by atoms with E-state index in [-0.39, 0.29) is 44.7 Å². The minimum absolute atomic E-state index is 0.0668. The number of aliphatic hydroxyl groups is 2. The van der Waals surface area contributed by atoms with Gasteiger partial charge in [-0.05, 0) is 19.9 Å². The Hall–Kier alpha value is -5.12. The number of methoxy groups -OCH3 is 1. The van der Waals surface area contributed by atoms with Gasteiger partial charge in [0.2, 0.25) is 0 Å².